The average molecular weight is 398 g/mol. The van der Waals surface area contributed by atoms with Gasteiger partial charge in [0.05, 0.1) is 12.0 Å². The van der Waals surface area contributed by atoms with Crippen LogP contribution in [-0.4, -0.2) is 33.2 Å². The number of aromatic hydroxyl groups is 1. The van der Waals surface area contributed by atoms with Crippen LogP contribution in [0, 0.1) is 10.1 Å². The van der Waals surface area contributed by atoms with Gasteiger partial charge in [0.2, 0.25) is 17.6 Å². The molecule has 0 atom stereocenters. The van der Waals surface area contributed by atoms with Crippen LogP contribution >= 0.6 is 0 Å². The van der Waals surface area contributed by atoms with Crippen molar-refractivity contribution >= 4 is 11.6 Å². The number of benzene rings is 2. The maximum absolute atomic E-state index is 12.0. The average Bonchev–Trinajstić information content (AvgIpc) is 3.20. The number of amides is 1. The number of nitrogens with one attached hydrogen (secondary N) is 1. The van der Waals surface area contributed by atoms with Crippen LogP contribution in [0.25, 0.3) is 11.4 Å². The zero-order valence-electron chi connectivity index (χ0n) is 15.5. The first-order chi connectivity index (χ1) is 14.0. The summed E-state index contributed by atoms with van der Waals surface area (Å²) in [4.78, 5) is 26.5. The highest BCUT2D eigenvalue weighted by Gasteiger charge is 2.13. The second-order valence-electron chi connectivity index (χ2n) is 6.09. The lowest BCUT2D eigenvalue weighted by Gasteiger charge is -2.06. The molecule has 0 fully saturated rings. The van der Waals surface area contributed by atoms with Crippen LogP contribution in [0.15, 0.2) is 47.0 Å². The molecule has 10 heteroatoms. The van der Waals surface area contributed by atoms with E-state index < -0.39 is 4.92 Å². The molecular weight excluding hydrogens is 380 g/mol. The number of nitro benzene ring substituents is 1. The third-order valence-corrected chi connectivity index (χ3v) is 4.13. The number of hydrogen-bond acceptors (Lipinski definition) is 8. The maximum atomic E-state index is 12.0. The largest absolute Gasteiger partial charge is 0.508 e. The molecule has 2 aromatic carbocycles. The number of phenols is 1. The summed E-state index contributed by atoms with van der Waals surface area (Å²) in [5, 5.41) is 27.1. The van der Waals surface area contributed by atoms with Crippen molar-refractivity contribution in [2.45, 2.75) is 19.4 Å². The Morgan fingerprint density at radius 1 is 1.28 bits per heavy atom. The minimum atomic E-state index is -0.569. The van der Waals surface area contributed by atoms with E-state index in [1.54, 1.807) is 31.4 Å². The number of carbonyl (C=O) groups is 1. The van der Waals surface area contributed by atoms with E-state index in [2.05, 4.69) is 15.5 Å². The van der Waals surface area contributed by atoms with Crippen molar-refractivity contribution in [1.82, 2.24) is 15.5 Å². The van der Waals surface area contributed by atoms with Crippen LogP contribution in [0.1, 0.15) is 17.9 Å². The first-order valence-electron chi connectivity index (χ1n) is 8.66. The van der Waals surface area contributed by atoms with Crippen LogP contribution < -0.4 is 10.1 Å². The van der Waals surface area contributed by atoms with Gasteiger partial charge in [-0.25, -0.2) is 0 Å². The molecule has 0 aliphatic rings. The fraction of sp³-hybridized carbons (Fsp3) is 0.211. The van der Waals surface area contributed by atoms with E-state index in [0.29, 0.717) is 17.5 Å². The van der Waals surface area contributed by atoms with Gasteiger partial charge in [-0.2, -0.15) is 4.98 Å². The molecule has 0 saturated carbocycles. The number of nitro groups is 1. The Hall–Kier alpha value is -3.95. The summed E-state index contributed by atoms with van der Waals surface area (Å²) in [5.74, 6) is 0.981. The molecule has 1 aromatic heterocycles. The van der Waals surface area contributed by atoms with E-state index in [4.69, 9.17) is 9.26 Å². The molecular formula is C19H18N4O6. The minimum absolute atomic E-state index is 0.0344. The quantitative estimate of drug-likeness (QED) is 0.436. The molecule has 150 valence electrons. The van der Waals surface area contributed by atoms with Crippen molar-refractivity contribution < 1.29 is 24.1 Å². The number of methoxy groups -OCH3 is 1. The van der Waals surface area contributed by atoms with Gasteiger partial charge in [0, 0.05) is 42.6 Å². The number of ether oxygens (including phenoxy) is 1. The predicted molar refractivity (Wildman–Crippen MR) is 101 cm³/mol. The summed E-state index contributed by atoms with van der Waals surface area (Å²) in [7, 11) is 1.58. The normalized spacial score (nSPS) is 10.5. The number of nitrogens with zero attached hydrogens (tertiary/aromatic N) is 3. The summed E-state index contributed by atoms with van der Waals surface area (Å²) >= 11 is 0. The standard InChI is InChI=1S/C19H18N4O6/c1-28-15-5-2-12(3-6-15)19-21-18(29-22-19)9-8-17(25)20-11-13-10-14(23(26)27)4-7-16(13)24/h2-7,10,24H,8-9,11H2,1H3,(H,20,25). The van der Waals surface area contributed by atoms with Crippen molar-refractivity contribution in [2.75, 3.05) is 7.11 Å². The summed E-state index contributed by atoms with van der Waals surface area (Å²) < 4.78 is 10.3. The van der Waals surface area contributed by atoms with Crippen LogP contribution in [0.5, 0.6) is 11.5 Å². The molecule has 1 amide bonds. The number of carbonyl (C=O) groups excluding carboxylic acids is 1. The highest BCUT2D eigenvalue weighted by molar-refractivity contribution is 5.76. The van der Waals surface area contributed by atoms with Crippen LogP contribution in [0.4, 0.5) is 5.69 Å². The number of hydrogen-bond donors (Lipinski definition) is 2. The van der Waals surface area contributed by atoms with E-state index in [0.717, 1.165) is 5.56 Å². The molecule has 0 aliphatic carbocycles. The van der Waals surface area contributed by atoms with Crippen molar-refractivity contribution in [2.24, 2.45) is 0 Å². The van der Waals surface area contributed by atoms with Crippen molar-refractivity contribution in [3.8, 4) is 22.9 Å². The lowest BCUT2D eigenvalue weighted by atomic mass is 10.1. The Bertz CT molecular complexity index is 1020. The van der Waals surface area contributed by atoms with Gasteiger partial charge in [-0.3, -0.25) is 14.9 Å². The number of aryl methyl sites for hydroxylation is 1. The first-order valence-corrected chi connectivity index (χ1v) is 8.66. The Balaban J connectivity index is 1.53. The van der Waals surface area contributed by atoms with Crippen molar-refractivity contribution in [1.29, 1.82) is 0 Å². The summed E-state index contributed by atoms with van der Waals surface area (Å²) in [5.41, 5.74) is 0.850. The molecule has 29 heavy (non-hydrogen) atoms. The third kappa shape index (κ3) is 5.06. The van der Waals surface area contributed by atoms with Gasteiger partial charge in [-0.05, 0) is 30.3 Å². The molecule has 1 heterocycles. The van der Waals surface area contributed by atoms with Gasteiger partial charge >= 0.3 is 0 Å². The highest BCUT2D eigenvalue weighted by Crippen LogP contribution is 2.23. The zero-order valence-corrected chi connectivity index (χ0v) is 15.5. The Labute approximate surface area is 165 Å². The molecule has 0 saturated heterocycles. The lowest BCUT2D eigenvalue weighted by molar-refractivity contribution is -0.384. The van der Waals surface area contributed by atoms with Crippen molar-refractivity contribution in [3.63, 3.8) is 0 Å². The monoisotopic (exact) mass is 398 g/mol. The molecule has 10 nitrogen and oxygen atoms in total. The summed E-state index contributed by atoms with van der Waals surface area (Å²) in [6.45, 7) is -0.0344. The van der Waals surface area contributed by atoms with Gasteiger partial charge in [0.1, 0.15) is 11.5 Å². The molecule has 0 spiro atoms. The third-order valence-electron chi connectivity index (χ3n) is 4.13. The Morgan fingerprint density at radius 3 is 2.72 bits per heavy atom. The molecule has 2 N–H and O–H groups in total. The van der Waals surface area contributed by atoms with Gasteiger partial charge in [-0.15, -0.1) is 0 Å². The number of rotatable bonds is 8. The van der Waals surface area contributed by atoms with Gasteiger partial charge < -0.3 is 19.7 Å². The molecule has 0 unspecified atom stereocenters. The second-order valence-corrected chi connectivity index (χ2v) is 6.09. The first kappa shape index (κ1) is 19.8. The molecule has 3 aromatic rings. The minimum Gasteiger partial charge on any atom is -0.508 e. The molecule has 0 bridgehead atoms. The van der Waals surface area contributed by atoms with Gasteiger partial charge in [0.25, 0.3) is 5.69 Å². The van der Waals surface area contributed by atoms with E-state index in [1.807, 2.05) is 0 Å². The number of phenolic OH excluding ortho intramolecular Hbond substituents is 1. The van der Waals surface area contributed by atoms with E-state index >= 15 is 0 Å². The summed E-state index contributed by atoms with van der Waals surface area (Å²) in [6, 6.07) is 10.8. The summed E-state index contributed by atoms with van der Waals surface area (Å²) in [6.07, 6.45) is 0.315. The highest BCUT2D eigenvalue weighted by atomic mass is 16.6. The van der Waals surface area contributed by atoms with Crippen molar-refractivity contribution in [3.05, 3.63) is 64.0 Å². The molecule has 0 radical (unpaired) electrons. The Morgan fingerprint density at radius 2 is 2.03 bits per heavy atom. The topological polar surface area (TPSA) is 141 Å². The number of aromatic nitrogens is 2. The maximum Gasteiger partial charge on any atom is 0.270 e. The van der Waals surface area contributed by atoms with Crippen LogP contribution in [-0.2, 0) is 17.8 Å². The van der Waals surface area contributed by atoms with Gasteiger partial charge in [0.15, 0.2) is 0 Å². The van der Waals surface area contributed by atoms with Crippen LogP contribution in [0.3, 0.4) is 0 Å². The SMILES string of the molecule is COc1ccc(-c2noc(CCC(=O)NCc3cc([N+](=O)[O-])ccc3O)n2)cc1. The van der Waals surface area contributed by atoms with Crippen LogP contribution in [0.2, 0.25) is 0 Å². The Kier molecular flexibility index (Phi) is 6.03. The zero-order chi connectivity index (χ0) is 20.8. The van der Waals surface area contributed by atoms with E-state index in [-0.39, 0.29) is 42.3 Å². The van der Waals surface area contributed by atoms with Gasteiger partial charge in [-0.1, -0.05) is 5.16 Å². The molecule has 3 rings (SSSR count). The fourth-order valence-corrected chi connectivity index (χ4v) is 2.54. The van der Waals surface area contributed by atoms with E-state index in [9.17, 15) is 20.0 Å². The predicted octanol–water partition coefficient (Wildman–Crippen LogP) is 2.61. The lowest BCUT2D eigenvalue weighted by Crippen LogP contribution is -2.23. The van der Waals surface area contributed by atoms with E-state index in [1.165, 1.54) is 18.2 Å². The molecule has 0 aliphatic heterocycles. The smallest absolute Gasteiger partial charge is 0.270 e. The number of non-ortho nitro benzene ring substituents is 1. The fourth-order valence-electron chi connectivity index (χ4n) is 2.54. The second kappa shape index (κ2) is 8.83.